The molecule has 4 rings (SSSR count). The van der Waals surface area contributed by atoms with Crippen molar-refractivity contribution in [2.75, 3.05) is 0 Å². The fourth-order valence-electron chi connectivity index (χ4n) is 4.70. The van der Waals surface area contributed by atoms with Crippen molar-refractivity contribution >= 4 is 11.8 Å². The summed E-state index contributed by atoms with van der Waals surface area (Å²) >= 11 is 0. The van der Waals surface area contributed by atoms with E-state index in [1.807, 2.05) is 24.3 Å². The maximum absolute atomic E-state index is 12.0. The van der Waals surface area contributed by atoms with E-state index in [9.17, 15) is 4.79 Å². The average Bonchev–Trinajstić information content (AvgIpc) is 3.67. The number of nitrogens with one attached hydrogen (secondary N) is 2. The number of rotatable bonds is 8. The lowest BCUT2D eigenvalue weighted by Gasteiger charge is -2.21. The Balaban J connectivity index is 1.27. The van der Waals surface area contributed by atoms with Gasteiger partial charge in [-0.3, -0.25) is 5.41 Å². The summed E-state index contributed by atoms with van der Waals surface area (Å²) in [7, 11) is 0. The summed E-state index contributed by atoms with van der Waals surface area (Å²) in [6.45, 7) is 0. The first-order chi connectivity index (χ1) is 16.1. The van der Waals surface area contributed by atoms with Gasteiger partial charge in [-0.2, -0.15) is 5.26 Å². The number of hydrogen-bond donors (Lipinski definition) is 2. The topological polar surface area (TPSA) is 86.0 Å². The molecule has 172 valence electrons. The second kappa shape index (κ2) is 10.7. The van der Waals surface area contributed by atoms with Gasteiger partial charge in [0.25, 0.3) is 0 Å². The minimum Gasteiger partial charge on any atom is -0.340 e. The van der Waals surface area contributed by atoms with E-state index in [4.69, 9.17) is 15.5 Å². The highest BCUT2D eigenvalue weighted by atomic mass is 16.7. The Morgan fingerprint density at radius 3 is 2.30 bits per heavy atom. The Bertz CT molecular complexity index is 1030. The zero-order valence-electron chi connectivity index (χ0n) is 19.2. The molecule has 0 aromatic heterocycles. The van der Waals surface area contributed by atoms with Gasteiger partial charge in [0.05, 0.1) is 6.07 Å². The summed E-state index contributed by atoms with van der Waals surface area (Å²) in [5.41, 5.74) is 5.96. The van der Waals surface area contributed by atoms with Crippen molar-refractivity contribution in [2.45, 2.75) is 70.6 Å². The number of carbonyl (C=O) groups is 1. The molecule has 0 radical (unpaired) electrons. The summed E-state index contributed by atoms with van der Waals surface area (Å²) in [6.07, 6.45) is 12.4. The van der Waals surface area contributed by atoms with Gasteiger partial charge in [-0.25, -0.2) is 10.3 Å². The third-order valence-electron chi connectivity index (χ3n) is 7.08. The predicted molar refractivity (Wildman–Crippen MR) is 129 cm³/mol. The van der Waals surface area contributed by atoms with E-state index in [1.165, 1.54) is 56.1 Å². The molecule has 5 heteroatoms. The molecular formula is C28H33N3O2. The molecule has 0 spiro atoms. The van der Waals surface area contributed by atoms with E-state index in [2.05, 4.69) is 35.8 Å². The largest absolute Gasteiger partial charge is 0.352 e. The van der Waals surface area contributed by atoms with Crippen LogP contribution in [0.25, 0.3) is 0 Å². The van der Waals surface area contributed by atoms with Gasteiger partial charge in [0.1, 0.15) is 0 Å². The number of hydrogen-bond acceptors (Lipinski definition) is 4. The fourth-order valence-corrected chi connectivity index (χ4v) is 4.70. The van der Waals surface area contributed by atoms with Crippen LogP contribution in [0.15, 0.2) is 48.5 Å². The monoisotopic (exact) mass is 443 g/mol. The molecule has 2 aliphatic carbocycles. The predicted octanol–water partition coefficient (Wildman–Crippen LogP) is 5.66. The SMILES string of the molecule is N#CC1(C(=O)ONC(=N)c2cccc(CCc3cccc(CCC4CCCCC4)c3)c2)CC1. The molecule has 0 atom stereocenters. The van der Waals surface area contributed by atoms with Crippen LogP contribution in [0.2, 0.25) is 0 Å². The van der Waals surface area contributed by atoms with E-state index in [1.54, 1.807) is 0 Å². The number of hydroxylamine groups is 1. The van der Waals surface area contributed by atoms with E-state index < -0.39 is 11.4 Å². The van der Waals surface area contributed by atoms with Gasteiger partial charge in [0.2, 0.25) is 0 Å². The second-order valence-electron chi connectivity index (χ2n) is 9.62. The highest BCUT2D eigenvalue weighted by Crippen LogP contribution is 2.45. The van der Waals surface area contributed by atoms with Gasteiger partial charge in [0.15, 0.2) is 11.3 Å². The first kappa shape index (κ1) is 23.0. The summed E-state index contributed by atoms with van der Waals surface area (Å²) < 4.78 is 0. The molecule has 0 unspecified atom stereocenters. The van der Waals surface area contributed by atoms with Crippen molar-refractivity contribution < 1.29 is 9.63 Å². The Morgan fingerprint density at radius 2 is 1.64 bits per heavy atom. The lowest BCUT2D eigenvalue weighted by atomic mass is 9.85. The summed E-state index contributed by atoms with van der Waals surface area (Å²) in [5, 5.41) is 17.3. The molecule has 2 N–H and O–H groups in total. The lowest BCUT2D eigenvalue weighted by Crippen LogP contribution is -2.31. The van der Waals surface area contributed by atoms with Gasteiger partial charge >= 0.3 is 5.97 Å². The maximum Gasteiger partial charge on any atom is 0.352 e. The summed E-state index contributed by atoms with van der Waals surface area (Å²) in [6, 6.07) is 18.7. The quantitative estimate of drug-likeness (QED) is 0.313. The number of nitrogens with zero attached hydrogens (tertiary/aromatic N) is 1. The fraction of sp³-hybridized carbons (Fsp3) is 0.464. The Morgan fingerprint density at radius 1 is 1.00 bits per heavy atom. The Kier molecular flexibility index (Phi) is 7.44. The zero-order chi connectivity index (χ0) is 23.1. The van der Waals surface area contributed by atoms with Gasteiger partial charge in [0, 0.05) is 5.56 Å². The molecule has 0 amide bonds. The maximum atomic E-state index is 12.0. The van der Waals surface area contributed by atoms with E-state index in [-0.39, 0.29) is 5.84 Å². The third-order valence-corrected chi connectivity index (χ3v) is 7.08. The van der Waals surface area contributed by atoms with Crippen molar-refractivity contribution in [3.05, 3.63) is 70.8 Å². The molecule has 2 aliphatic rings. The zero-order valence-corrected chi connectivity index (χ0v) is 19.2. The van der Waals surface area contributed by atoms with Crippen LogP contribution in [0.5, 0.6) is 0 Å². The molecule has 2 fully saturated rings. The Hall–Kier alpha value is -3.13. The summed E-state index contributed by atoms with van der Waals surface area (Å²) in [4.78, 5) is 17.0. The van der Waals surface area contributed by atoms with Gasteiger partial charge in [-0.1, -0.05) is 74.6 Å². The van der Waals surface area contributed by atoms with Crippen molar-refractivity contribution in [1.29, 1.82) is 10.7 Å². The standard InChI is InChI=1S/C28H33N3O2/c29-20-28(16-17-28)27(32)33-31-26(30)25-11-5-10-24(19-25)15-14-23-9-4-8-22(18-23)13-12-21-6-2-1-3-7-21/h4-5,8-11,18-19,21H,1-3,6-7,12-17H2,(H2,30,31). The third kappa shape index (κ3) is 6.22. The average molecular weight is 444 g/mol. The van der Waals surface area contributed by atoms with Crippen molar-refractivity contribution in [3.63, 3.8) is 0 Å². The highest BCUT2D eigenvalue weighted by molar-refractivity contribution is 5.96. The van der Waals surface area contributed by atoms with Crippen LogP contribution in [0.1, 0.15) is 73.6 Å². The van der Waals surface area contributed by atoms with E-state index >= 15 is 0 Å². The van der Waals surface area contributed by atoms with E-state index in [0.29, 0.717) is 18.4 Å². The number of benzene rings is 2. The first-order valence-corrected chi connectivity index (χ1v) is 12.2. The first-order valence-electron chi connectivity index (χ1n) is 12.2. The highest BCUT2D eigenvalue weighted by Gasteiger charge is 2.53. The number of aryl methyl sites for hydroxylation is 3. The van der Waals surface area contributed by atoms with Crippen LogP contribution in [-0.2, 0) is 28.9 Å². The molecule has 2 aromatic carbocycles. The van der Waals surface area contributed by atoms with E-state index in [0.717, 1.165) is 24.3 Å². The molecule has 2 saturated carbocycles. The van der Waals surface area contributed by atoms with Crippen molar-refractivity contribution in [3.8, 4) is 6.07 Å². The molecule has 5 nitrogen and oxygen atoms in total. The number of amidine groups is 1. The smallest absolute Gasteiger partial charge is 0.340 e. The second-order valence-corrected chi connectivity index (χ2v) is 9.62. The minimum absolute atomic E-state index is 0.0173. The molecule has 0 heterocycles. The van der Waals surface area contributed by atoms with Crippen molar-refractivity contribution in [2.24, 2.45) is 11.3 Å². The molecular weight excluding hydrogens is 410 g/mol. The lowest BCUT2D eigenvalue weighted by molar-refractivity contribution is -0.152. The molecule has 33 heavy (non-hydrogen) atoms. The Labute approximate surface area is 196 Å². The van der Waals surface area contributed by atoms with Crippen LogP contribution in [0, 0.1) is 28.1 Å². The molecule has 0 aliphatic heterocycles. The molecule has 0 bridgehead atoms. The van der Waals surface area contributed by atoms with Gasteiger partial charge in [-0.05, 0) is 67.2 Å². The number of carbonyl (C=O) groups excluding carboxylic acids is 1. The summed E-state index contributed by atoms with van der Waals surface area (Å²) in [5.74, 6) is 0.320. The van der Waals surface area contributed by atoms with Crippen LogP contribution in [0.4, 0.5) is 0 Å². The van der Waals surface area contributed by atoms with Gasteiger partial charge < -0.3 is 4.84 Å². The minimum atomic E-state index is -1.01. The molecule has 2 aromatic rings. The number of nitriles is 1. The van der Waals surface area contributed by atoms with Crippen LogP contribution in [-0.4, -0.2) is 11.8 Å². The van der Waals surface area contributed by atoms with Crippen LogP contribution >= 0.6 is 0 Å². The van der Waals surface area contributed by atoms with Crippen molar-refractivity contribution in [1.82, 2.24) is 5.48 Å². The van der Waals surface area contributed by atoms with Gasteiger partial charge in [-0.15, -0.1) is 0 Å². The van der Waals surface area contributed by atoms with Crippen LogP contribution in [0.3, 0.4) is 0 Å². The van der Waals surface area contributed by atoms with Crippen LogP contribution < -0.4 is 5.48 Å². The normalized spacial score (nSPS) is 17.1. The molecule has 0 saturated heterocycles.